The van der Waals surface area contributed by atoms with E-state index in [0.29, 0.717) is 67.3 Å². The van der Waals surface area contributed by atoms with Gasteiger partial charge in [0.1, 0.15) is 123 Å². The number of phenols is 4. The Kier molecular flexibility index (Phi) is 16.5. The summed E-state index contributed by atoms with van der Waals surface area (Å²) in [6, 6.07) is 37.0. The molecule has 28 nitrogen and oxygen atoms in total. The Labute approximate surface area is 558 Å². The van der Waals surface area contributed by atoms with E-state index in [1.165, 1.54) is 55.6 Å². The summed E-state index contributed by atoms with van der Waals surface area (Å²) >= 11 is 11.1. The Morgan fingerprint density at radius 1 is 0.474 bits per heavy atom. The summed E-state index contributed by atoms with van der Waals surface area (Å²) in [5, 5.41) is 123. The lowest BCUT2D eigenvalue weighted by molar-refractivity contribution is -0.242. The molecule has 15 rings (SSSR count). The van der Waals surface area contributed by atoms with Crippen LogP contribution in [0.4, 0.5) is 11.4 Å². The predicted octanol–water partition coefficient (Wildman–Crippen LogP) is 5.22. The molecule has 0 aliphatic carbocycles. The number of esters is 2. The summed E-state index contributed by atoms with van der Waals surface area (Å²) < 4.78 is 57.7. The largest absolute Gasteiger partial charge is 0.508 e. The van der Waals surface area contributed by atoms with Gasteiger partial charge in [-0.2, -0.15) is 0 Å². The van der Waals surface area contributed by atoms with Crippen LogP contribution in [0.25, 0.3) is 11.0 Å². The van der Waals surface area contributed by atoms with Crippen molar-refractivity contribution >= 4 is 69.0 Å². The van der Waals surface area contributed by atoms with Crippen LogP contribution in [-0.2, 0) is 30.1 Å². The first-order chi connectivity index (χ1) is 46.7. The molecule has 10 unspecified atom stereocenters. The van der Waals surface area contributed by atoms with Gasteiger partial charge in [0.2, 0.25) is 12.6 Å². The highest BCUT2D eigenvalue weighted by molar-refractivity contribution is 7.80. The van der Waals surface area contributed by atoms with Crippen molar-refractivity contribution in [2.24, 2.45) is 0 Å². The van der Waals surface area contributed by atoms with Crippen LogP contribution in [0.3, 0.4) is 0 Å². The highest BCUT2D eigenvalue weighted by Crippen LogP contribution is 2.59. The lowest BCUT2D eigenvalue weighted by atomic mass is 9.77. The van der Waals surface area contributed by atoms with Crippen molar-refractivity contribution in [2.45, 2.75) is 72.5 Å². The number of carbonyl (C=O) groups is 2. The highest BCUT2D eigenvalue weighted by atomic mass is 32.1. The second-order valence-electron chi connectivity index (χ2n) is 23.1. The van der Waals surface area contributed by atoms with Gasteiger partial charge in [0.25, 0.3) is 0 Å². The van der Waals surface area contributed by atoms with Gasteiger partial charge in [0.05, 0.1) is 31.5 Å². The van der Waals surface area contributed by atoms with E-state index < -0.39 is 97.6 Å². The topological polar surface area (TPSA) is 407 Å². The molecule has 14 N–H and O–H groups in total. The number of aromatic nitrogens is 2. The summed E-state index contributed by atoms with van der Waals surface area (Å²) in [6.07, 6.45) is -10.6. The summed E-state index contributed by atoms with van der Waals surface area (Å²) in [7, 11) is 1.53. The van der Waals surface area contributed by atoms with Crippen molar-refractivity contribution in [3.8, 4) is 63.2 Å². The van der Waals surface area contributed by atoms with Gasteiger partial charge in [-0.05, 0) is 144 Å². The number of rotatable bonds is 11. The van der Waals surface area contributed by atoms with Gasteiger partial charge < -0.3 is 115 Å². The first-order valence-corrected chi connectivity index (χ1v) is 30.6. The summed E-state index contributed by atoms with van der Waals surface area (Å²) in [5.74, 6) is 0.777. The van der Waals surface area contributed by atoms with Gasteiger partial charge in [0.15, 0.2) is 21.4 Å². The van der Waals surface area contributed by atoms with E-state index in [1.54, 1.807) is 103 Å². The molecule has 2 fully saturated rings. The third-order valence-electron chi connectivity index (χ3n) is 17.2. The van der Waals surface area contributed by atoms with E-state index in [1.807, 2.05) is 0 Å². The van der Waals surface area contributed by atoms with Crippen LogP contribution in [0.2, 0.25) is 0 Å². The van der Waals surface area contributed by atoms with Gasteiger partial charge in [-0.1, -0.05) is 12.1 Å². The number of carbonyl (C=O) groups excluding carboxylic acids is 2. The molecule has 8 aromatic carbocycles. The number of thiocarbonyl (C=S) groups is 2. The molecule has 0 bridgehead atoms. The van der Waals surface area contributed by atoms with Crippen LogP contribution in [0.5, 0.6) is 63.2 Å². The van der Waals surface area contributed by atoms with Gasteiger partial charge >= 0.3 is 11.9 Å². The van der Waals surface area contributed by atoms with E-state index in [4.69, 9.17) is 71.7 Å². The number of aromatic hydroxyl groups is 4. The average Bonchev–Trinajstić information content (AvgIpc) is 1.65. The number of nitrogens with zero attached hydrogens (tertiary/aromatic N) is 2. The summed E-state index contributed by atoms with van der Waals surface area (Å²) in [4.78, 5) is 27.0. The van der Waals surface area contributed by atoms with Crippen molar-refractivity contribution in [1.82, 2.24) is 20.9 Å². The molecule has 97 heavy (non-hydrogen) atoms. The van der Waals surface area contributed by atoms with Crippen LogP contribution in [0.15, 0.2) is 156 Å². The number of hydrogen-bond donors (Lipinski definition) is 14. The number of phenolic OH excluding ortho intramolecular Hbond substituents is 4. The van der Waals surface area contributed by atoms with Gasteiger partial charge in [-0.25, -0.2) is 14.2 Å². The van der Waals surface area contributed by atoms with E-state index in [2.05, 4.69) is 31.6 Å². The fraction of sp³-hybridized carbons (Fsp3) is 0.224. The maximum Gasteiger partial charge on any atom is 0.340 e. The normalized spacial score (nSPS) is 23.2. The number of aliphatic hydroxyl groups excluding tert-OH is 6. The fourth-order valence-corrected chi connectivity index (χ4v) is 13.1. The molecule has 9 aromatic rings. The maximum atomic E-state index is 13.5. The van der Waals surface area contributed by atoms with Crippen LogP contribution in [0.1, 0.15) is 54.1 Å². The minimum atomic E-state index is -1.49. The Morgan fingerprint density at radius 3 is 1.27 bits per heavy atom. The van der Waals surface area contributed by atoms with Gasteiger partial charge in [-0.3, -0.25) is 0 Å². The first kappa shape index (κ1) is 63.7. The Balaban J connectivity index is 0.000000166. The number of anilines is 2. The molecule has 2 saturated heterocycles. The van der Waals surface area contributed by atoms with Crippen molar-refractivity contribution in [2.75, 3.05) is 31.0 Å². The van der Waals surface area contributed by atoms with Crippen molar-refractivity contribution < 1.29 is 108 Å². The molecule has 7 heterocycles. The molecule has 0 radical (unpaired) electrons. The lowest BCUT2D eigenvalue weighted by Gasteiger charge is -2.42. The first-order valence-electron chi connectivity index (χ1n) is 29.8. The second kappa shape index (κ2) is 25.2. The highest BCUT2D eigenvalue weighted by Gasteiger charge is 2.56. The fourth-order valence-electron chi connectivity index (χ4n) is 12.6. The standard InChI is InChI=1S/C34H30N2O11S.C33H26N4O11S/c1-43-19-5-7-20(8-6-19)44-32-28(30(41)29(40)27(15-37)46-32)36-33(48)35-16-2-9-22-21(12-16)31(42)47-34(22)23-10-3-17(38)13-25(23)45-26-14-18(39)4-11-24(26)34;38-13-26-28(41)29(42)27(31(46-26)44-17-4-8-22-23(12-17)37-48-36-22)35-32(49)34-14-1-5-19-18(9-14)30(43)47-33(19)20-6-2-15(39)10-24(20)45-25-11-16(40)3-7-21(25)33/h2-14,27-30,32,37-41H,15H2,1H3,(H2,35,36,48);1-12,26-29,31,38-42H,13H2,(H2,34,35,49). The molecular weight excluding hydrogens is 1300 g/mol. The number of aliphatic hydroxyl groups is 6. The number of ether oxygens (including phenoxy) is 9. The monoisotopic (exact) mass is 1360 g/mol. The molecule has 1 aromatic heterocycles. The third-order valence-corrected chi connectivity index (χ3v) is 17.6. The SMILES string of the molecule is COc1ccc(OC2OC(CO)C(O)C(O)C2NC(=S)Nc2ccc3c(c2)C(=O)OC32c3ccc(O)cc3Oc3cc(O)ccc32)cc1.O=C1OC2(c3ccc(O)cc3Oc3cc(O)ccc32)c2ccc(NC(=S)NC3C(Oc4ccc5nonc5c4)OC(CO)C(O)C3O)cc21. The summed E-state index contributed by atoms with van der Waals surface area (Å²) in [5.41, 5.74) is 2.18. The van der Waals surface area contributed by atoms with E-state index >= 15 is 0 Å². The third kappa shape index (κ3) is 11.4. The molecule has 2 spiro atoms. The minimum Gasteiger partial charge on any atom is -0.508 e. The number of methoxy groups -OCH3 is 1. The molecule has 0 amide bonds. The molecule has 6 aliphatic heterocycles. The van der Waals surface area contributed by atoms with E-state index in [-0.39, 0.29) is 73.1 Å². The van der Waals surface area contributed by atoms with Crippen LogP contribution in [-0.4, -0.2) is 165 Å². The predicted molar refractivity (Wildman–Crippen MR) is 344 cm³/mol. The number of fused-ring (bicyclic) bond motifs is 13. The molecule has 10 atom stereocenters. The van der Waals surface area contributed by atoms with E-state index in [9.17, 15) is 60.7 Å². The van der Waals surface area contributed by atoms with Crippen molar-refractivity contribution in [3.05, 3.63) is 196 Å². The zero-order valence-corrected chi connectivity index (χ0v) is 51.8. The lowest BCUT2D eigenvalue weighted by Crippen LogP contribution is -2.65. The smallest absolute Gasteiger partial charge is 0.340 e. The minimum absolute atomic E-state index is 0.00867. The second-order valence-corrected chi connectivity index (χ2v) is 23.9. The van der Waals surface area contributed by atoms with Crippen LogP contribution >= 0.6 is 24.4 Å². The number of hydrogen-bond acceptors (Lipinski definition) is 26. The quantitative estimate of drug-likeness (QED) is 0.0583. The van der Waals surface area contributed by atoms with Gasteiger partial charge in [0, 0.05) is 75.1 Å². The van der Waals surface area contributed by atoms with Crippen LogP contribution < -0.4 is 45.0 Å². The molecule has 498 valence electrons. The maximum absolute atomic E-state index is 13.5. The molecule has 0 saturated carbocycles. The van der Waals surface area contributed by atoms with Crippen LogP contribution in [0, 0.1) is 0 Å². The summed E-state index contributed by atoms with van der Waals surface area (Å²) in [6.45, 7) is -1.15. The Morgan fingerprint density at radius 2 is 0.856 bits per heavy atom. The zero-order valence-electron chi connectivity index (χ0n) is 50.2. The number of benzene rings is 8. The number of nitrogens with one attached hydrogen (secondary N) is 4. The molecule has 6 aliphatic rings. The Hall–Kier alpha value is -10.6. The molecular formula is C67H56N6O22S2. The van der Waals surface area contributed by atoms with E-state index in [0.717, 1.165) is 0 Å². The van der Waals surface area contributed by atoms with Gasteiger partial charge in [-0.15, -0.1) is 0 Å². The van der Waals surface area contributed by atoms with Crippen molar-refractivity contribution in [3.63, 3.8) is 0 Å². The molecule has 30 heteroatoms. The average molecular weight is 1360 g/mol. The Bertz CT molecular complexity index is 4520. The zero-order chi connectivity index (χ0) is 67.8. The van der Waals surface area contributed by atoms with Crippen molar-refractivity contribution in [1.29, 1.82) is 0 Å².